The Morgan fingerprint density at radius 1 is 0.949 bits per heavy atom. The van der Waals surface area contributed by atoms with Crippen LogP contribution >= 0.6 is 35.0 Å². The first kappa shape index (κ1) is 28.7. The third kappa shape index (κ3) is 7.03. The Hall–Kier alpha value is -3.27. The smallest absolute Gasteiger partial charge is 0.220 e. The molecule has 0 aliphatic rings. The fourth-order valence-corrected chi connectivity index (χ4v) is 5.44. The van der Waals surface area contributed by atoms with Gasteiger partial charge in [0.05, 0.1) is 16.7 Å². The minimum atomic E-state index is -0.544. The molecule has 0 fully saturated rings. The molecule has 4 rings (SSSR count). The van der Waals surface area contributed by atoms with E-state index in [9.17, 15) is 10.1 Å². The normalized spacial score (nSPS) is 11.8. The average molecular weight is 588 g/mol. The second-order valence-corrected chi connectivity index (χ2v) is 10.9. The van der Waals surface area contributed by atoms with E-state index in [1.54, 1.807) is 24.3 Å². The van der Waals surface area contributed by atoms with Crippen molar-refractivity contribution in [2.24, 2.45) is 0 Å². The molecule has 11 heteroatoms. The lowest BCUT2D eigenvalue weighted by molar-refractivity contribution is -0.479. The fourth-order valence-electron chi connectivity index (χ4n) is 3.96. The molecule has 0 saturated carbocycles. The van der Waals surface area contributed by atoms with Crippen LogP contribution in [0, 0.1) is 30.9 Å². The van der Waals surface area contributed by atoms with Crippen LogP contribution in [0.1, 0.15) is 40.3 Å². The molecule has 3 aromatic carbocycles. The predicted octanol–water partition coefficient (Wildman–Crippen LogP) is 7.59. The second kappa shape index (κ2) is 12.7. The van der Waals surface area contributed by atoms with Crippen molar-refractivity contribution >= 4 is 35.0 Å². The van der Waals surface area contributed by atoms with Gasteiger partial charge in [-0.3, -0.25) is 14.7 Å². The summed E-state index contributed by atoms with van der Waals surface area (Å²) in [5.74, 6) is 1.71. The number of halogens is 2. The highest BCUT2D eigenvalue weighted by molar-refractivity contribution is 7.99. The van der Waals surface area contributed by atoms with Crippen molar-refractivity contribution in [1.82, 2.24) is 14.8 Å². The van der Waals surface area contributed by atoms with E-state index in [4.69, 9.17) is 32.7 Å². The zero-order chi connectivity index (χ0) is 28.1. The SMILES string of the molecule is CCOc1cc([C@H](C[N+](=O)[O-])Sc2nnc(C)n2-c2ccc(C)c(C)c2)ccc1OCc1ccc(Cl)c(Cl)c1. The maximum Gasteiger partial charge on any atom is 0.220 e. The van der Waals surface area contributed by atoms with E-state index in [-0.39, 0.29) is 18.1 Å². The molecule has 1 aromatic heterocycles. The van der Waals surface area contributed by atoms with Gasteiger partial charge in [-0.05, 0) is 86.3 Å². The Kier molecular flexibility index (Phi) is 9.37. The number of nitro groups is 1. The first-order valence-electron chi connectivity index (χ1n) is 12.3. The maximum atomic E-state index is 11.7. The molecule has 39 heavy (non-hydrogen) atoms. The summed E-state index contributed by atoms with van der Waals surface area (Å²) in [6, 6.07) is 16.8. The number of rotatable bonds is 11. The number of thioether (sulfide) groups is 1. The van der Waals surface area contributed by atoms with Gasteiger partial charge in [0.1, 0.15) is 17.7 Å². The van der Waals surface area contributed by atoms with Gasteiger partial charge in [-0.1, -0.05) is 53.2 Å². The highest BCUT2D eigenvalue weighted by Gasteiger charge is 2.25. The summed E-state index contributed by atoms with van der Waals surface area (Å²) in [5.41, 5.74) is 4.78. The molecule has 0 aliphatic heterocycles. The lowest BCUT2D eigenvalue weighted by atomic mass is 10.1. The Morgan fingerprint density at radius 2 is 1.74 bits per heavy atom. The van der Waals surface area contributed by atoms with Crippen molar-refractivity contribution in [2.45, 2.75) is 44.7 Å². The molecule has 0 aliphatic carbocycles. The summed E-state index contributed by atoms with van der Waals surface area (Å²) in [7, 11) is 0. The van der Waals surface area contributed by atoms with Crippen LogP contribution in [0.15, 0.2) is 59.8 Å². The van der Waals surface area contributed by atoms with E-state index in [2.05, 4.69) is 23.2 Å². The molecule has 1 atom stereocenters. The molecule has 0 N–H and O–H groups in total. The topological polar surface area (TPSA) is 92.3 Å². The molecule has 0 amide bonds. The van der Waals surface area contributed by atoms with Crippen LogP contribution < -0.4 is 9.47 Å². The zero-order valence-corrected chi connectivity index (χ0v) is 24.3. The number of aryl methyl sites for hydroxylation is 3. The van der Waals surface area contributed by atoms with Gasteiger partial charge in [0.2, 0.25) is 6.54 Å². The predicted molar refractivity (Wildman–Crippen MR) is 154 cm³/mol. The van der Waals surface area contributed by atoms with Crippen molar-refractivity contribution in [2.75, 3.05) is 13.2 Å². The fraction of sp³-hybridized carbons (Fsp3) is 0.286. The quantitative estimate of drug-likeness (QED) is 0.101. The molecular formula is C28H28Cl2N4O4S. The number of benzene rings is 3. The van der Waals surface area contributed by atoms with Gasteiger partial charge in [0.15, 0.2) is 16.7 Å². The number of aromatic nitrogens is 3. The highest BCUT2D eigenvalue weighted by atomic mass is 35.5. The molecule has 0 unspecified atom stereocenters. The van der Waals surface area contributed by atoms with Crippen LogP contribution in [-0.4, -0.2) is 32.8 Å². The summed E-state index contributed by atoms with van der Waals surface area (Å²) in [6.07, 6.45) is 0. The van der Waals surface area contributed by atoms with Crippen LogP contribution in [0.3, 0.4) is 0 Å². The van der Waals surface area contributed by atoms with Crippen LogP contribution in [0.4, 0.5) is 0 Å². The van der Waals surface area contributed by atoms with Gasteiger partial charge in [0.25, 0.3) is 0 Å². The third-order valence-electron chi connectivity index (χ3n) is 6.12. The minimum Gasteiger partial charge on any atom is -0.490 e. The van der Waals surface area contributed by atoms with E-state index in [1.165, 1.54) is 17.3 Å². The molecule has 4 aromatic rings. The lowest BCUT2D eigenvalue weighted by Gasteiger charge is -2.18. The number of hydrogen-bond donors (Lipinski definition) is 0. The minimum absolute atomic E-state index is 0.252. The maximum absolute atomic E-state index is 11.7. The van der Waals surface area contributed by atoms with Crippen LogP contribution in [0.25, 0.3) is 5.69 Å². The number of hydrogen-bond acceptors (Lipinski definition) is 7. The largest absolute Gasteiger partial charge is 0.490 e. The first-order valence-corrected chi connectivity index (χ1v) is 13.9. The first-order chi connectivity index (χ1) is 18.7. The summed E-state index contributed by atoms with van der Waals surface area (Å²) < 4.78 is 13.8. The Morgan fingerprint density at radius 3 is 2.44 bits per heavy atom. The van der Waals surface area contributed by atoms with Gasteiger partial charge in [0, 0.05) is 10.6 Å². The van der Waals surface area contributed by atoms with E-state index in [1.807, 2.05) is 49.6 Å². The standard InChI is InChI=1S/C28H28Cl2N4O4S/c1-5-37-26-14-21(8-11-25(26)38-16-20-7-10-23(29)24(30)13-20)27(15-33(35)36)39-28-32-31-19(4)34(28)22-9-6-17(2)18(3)12-22/h6-14,27H,5,15-16H2,1-4H3/t27-/m0/s1. The van der Waals surface area contributed by atoms with Gasteiger partial charge in [-0.15, -0.1) is 10.2 Å². The number of nitrogens with zero attached hydrogens (tertiary/aromatic N) is 4. The second-order valence-electron chi connectivity index (χ2n) is 8.93. The molecular weight excluding hydrogens is 559 g/mol. The summed E-state index contributed by atoms with van der Waals surface area (Å²) in [6.45, 7) is 8.17. The molecule has 204 valence electrons. The summed E-state index contributed by atoms with van der Waals surface area (Å²) >= 11 is 13.4. The van der Waals surface area contributed by atoms with Crippen molar-refractivity contribution in [3.63, 3.8) is 0 Å². The molecule has 8 nitrogen and oxygen atoms in total. The summed E-state index contributed by atoms with van der Waals surface area (Å²) in [5, 5.41) is 21.2. The summed E-state index contributed by atoms with van der Waals surface area (Å²) in [4.78, 5) is 11.4. The Labute approximate surface area is 241 Å². The van der Waals surface area contributed by atoms with E-state index in [0.29, 0.717) is 44.7 Å². The van der Waals surface area contributed by atoms with Crippen LogP contribution in [0.5, 0.6) is 11.5 Å². The van der Waals surface area contributed by atoms with Crippen molar-refractivity contribution in [3.05, 3.63) is 103 Å². The van der Waals surface area contributed by atoms with E-state index < -0.39 is 5.25 Å². The molecule has 0 radical (unpaired) electrons. The Balaban J connectivity index is 1.63. The molecule has 0 saturated heterocycles. The third-order valence-corrected chi connectivity index (χ3v) is 8.04. The van der Waals surface area contributed by atoms with Crippen molar-refractivity contribution in [3.8, 4) is 17.2 Å². The molecule has 0 spiro atoms. The van der Waals surface area contributed by atoms with E-state index in [0.717, 1.165) is 16.8 Å². The van der Waals surface area contributed by atoms with Crippen LogP contribution in [-0.2, 0) is 6.61 Å². The van der Waals surface area contributed by atoms with Gasteiger partial charge in [-0.2, -0.15) is 0 Å². The Bertz CT molecular complexity index is 1490. The molecule has 0 bridgehead atoms. The average Bonchev–Trinajstić information content (AvgIpc) is 3.26. The zero-order valence-electron chi connectivity index (χ0n) is 22.0. The van der Waals surface area contributed by atoms with Crippen molar-refractivity contribution in [1.29, 1.82) is 0 Å². The van der Waals surface area contributed by atoms with Gasteiger partial charge < -0.3 is 9.47 Å². The number of ether oxygens (including phenoxy) is 2. The van der Waals surface area contributed by atoms with Crippen LogP contribution in [0.2, 0.25) is 10.0 Å². The van der Waals surface area contributed by atoms with Crippen molar-refractivity contribution < 1.29 is 14.4 Å². The van der Waals surface area contributed by atoms with E-state index >= 15 is 0 Å². The monoisotopic (exact) mass is 586 g/mol. The van der Waals surface area contributed by atoms with Gasteiger partial charge >= 0.3 is 0 Å². The highest BCUT2D eigenvalue weighted by Crippen LogP contribution is 2.40. The lowest BCUT2D eigenvalue weighted by Crippen LogP contribution is -2.12. The van der Waals surface area contributed by atoms with Gasteiger partial charge in [-0.25, -0.2) is 0 Å². The molecule has 1 heterocycles.